The van der Waals surface area contributed by atoms with Crippen molar-refractivity contribution in [3.05, 3.63) is 53.1 Å². The molecule has 0 aliphatic carbocycles. The lowest BCUT2D eigenvalue weighted by atomic mass is 9.99. The van der Waals surface area contributed by atoms with E-state index in [-0.39, 0.29) is 6.04 Å². The Morgan fingerprint density at radius 3 is 2.80 bits per heavy atom. The first-order valence-corrected chi connectivity index (χ1v) is 5.00. The van der Waals surface area contributed by atoms with Gasteiger partial charge in [0.15, 0.2) is 0 Å². The molecule has 3 heteroatoms. The molecule has 0 amide bonds. The molecule has 0 aliphatic heterocycles. The molecule has 0 aliphatic rings. The molecule has 0 spiro atoms. The molecule has 1 atom stereocenters. The zero-order valence-corrected chi connectivity index (χ0v) is 8.99. The van der Waals surface area contributed by atoms with Crippen LogP contribution in [0.2, 0.25) is 0 Å². The van der Waals surface area contributed by atoms with Gasteiger partial charge < -0.3 is 10.7 Å². The van der Waals surface area contributed by atoms with Crippen LogP contribution in [0, 0.1) is 13.8 Å². The van der Waals surface area contributed by atoms with Crippen molar-refractivity contribution in [2.75, 3.05) is 0 Å². The van der Waals surface area contributed by atoms with Crippen LogP contribution in [0.3, 0.4) is 0 Å². The van der Waals surface area contributed by atoms with Crippen LogP contribution in [-0.2, 0) is 0 Å². The quantitative estimate of drug-likeness (QED) is 0.781. The minimum atomic E-state index is -0.167. The maximum absolute atomic E-state index is 6.14. The highest BCUT2D eigenvalue weighted by atomic mass is 14.9. The number of imidazole rings is 1. The third kappa shape index (κ3) is 1.92. The average molecular weight is 201 g/mol. The van der Waals surface area contributed by atoms with Gasteiger partial charge >= 0.3 is 0 Å². The Hall–Kier alpha value is -1.61. The molecule has 1 unspecified atom stereocenters. The highest BCUT2D eigenvalue weighted by Gasteiger charge is 2.13. The van der Waals surface area contributed by atoms with Crippen LogP contribution in [-0.4, -0.2) is 9.97 Å². The second-order valence-electron chi connectivity index (χ2n) is 3.81. The van der Waals surface area contributed by atoms with Crippen molar-refractivity contribution in [1.29, 1.82) is 0 Å². The van der Waals surface area contributed by atoms with Crippen LogP contribution in [0.5, 0.6) is 0 Å². The number of benzene rings is 1. The summed E-state index contributed by atoms with van der Waals surface area (Å²) >= 11 is 0. The maximum atomic E-state index is 6.14. The molecule has 1 heterocycles. The SMILES string of the molecule is Cc1ccc(C)c(C(N)c2ncc[nH]2)c1. The van der Waals surface area contributed by atoms with E-state index in [2.05, 4.69) is 42.0 Å². The summed E-state index contributed by atoms with van der Waals surface area (Å²) in [6.07, 6.45) is 3.51. The lowest BCUT2D eigenvalue weighted by Crippen LogP contribution is -2.15. The fraction of sp³-hybridized carbons (Fsp3) is 0.250. The smallest absolute Gasteiger partial charge is 0.127 e. The number of aryl methyl sites for hydroxylation is 2. The summed E-state index contributed by atoms with van der Waals surface area (Å²) in [7, 11) is 0. The fourth-order valence-electron chi connectivity index (χ4n) is 1.69. The Morgan fingerprint density at radius 1 is 1.33 bits per heavy atom. The number of H-pyrrole nitrogens is 1. The first kappa shape index (κ1) is 9.93. The molecule has 0 fully saturated rings. The second kappa shape index (κ2) is 3.87. The molecule has 1 aromatic heterocycles. The van der Waals surface area contributed by atoms with Crippen LogP contribution in [0.1, 0.15) is 28.6 Å². The number of nitrogens with two attached hydrogens (primary N) is 1. The Kier molecular flexibility index (Phi) is 2.56. The molecule has 0 radical (unpaired) electrons. The van der Waals surface area contributed by atoms with E-state index in [1.165, 1.54) is 11.1 Å². The van der Waals surface area contributed by atoms with Gasteiger partial charge in [0, 0.05) is 12.4 Å². The monoisotopic (exact) mass is 201 g/mol. The number of nitrogens with zero attached hydrogens (tertiary/aromatic N) is 1. The standard InChI is InChI=1S/C12H15N3/c1-8-3-4-9(2)10(7-8)11(13)12-14-5-6-15-12/h3-7,11H,13H2,1-2H3,(H,14,15). The third-order valence-corrected chi connectivity index (χ3v) is 2.58. The van der Waals surface area contributed by atoms with Crippen molar-refractivity contribution in [2.45, 2.75) is 19.9 Å². The molecule has 15 heavy (non-hydrogen) atoms. The minimum absolute atomic E-state index is 0.167. The normalized spacial score (nSPS) is 12.7. The lowest BCUT2D eigenvalue weighted by molar-refractivity contribution is 0.793. The number of hydrogen-bond acceptors (Lipinski definition) is 2. The van der Waals surface area contributed by atoms with E-state index in [4.69, 9.17) is 5.73 Å². The van der Waals surface area contributed by atoms with E-state index >= 15 is 0 Å². The summed E-state index contributed by atoms with van der Waals surface area (Å²) in [6, 6.07) is 6.13. The van der Waals surface area contributed by atoms with E-state index in [1.54, 1.807) is 12.4 Å². The molecule has 3 N–H and O–H groups in total. The lowest BCUT2D eigenvalue weighted by Gasteiger charge is -2.13. The number of aromatic amines is 1. The molecular formula is C12H15N3. The van der Waals surface area contributed by atoms with Crippen LogP contribution in [0.15, 0.2) is 30.6 Å². The van der Waals surface area contributed by atoms with Crippen LogP contribution in [0.4, 0.5) is 0 Å². The molecule has 2 aromatic rings. The van der Waals surface area contributed by atoms with Crippen molar-refractivity contribution < 1.29 is 0 Å². The van der Waals surface area contributed by atoms with Crippen LogP contribution in [0.25, 0.3) is 0 Å². The average Bonchev–Trinajstić information content (AvgIpc) is 2.74. The van der Waals surface area contributed by atoms with E-state index in [0.29, 0.717) is 0 Å². The molecule has 1 aromatic carbocycles. The molecule has 3 nitrogen and oxygen atoms in total. The van der Waals surface area contributed by atoms with Crippen LogP contribution < -0.4 is 5.73 Å². The predicted molar refractivity (Wildman–Crippen MR) is 60.5 cm³/mol. The summed E-state index contributed by atoms with van der Waals surface area (Å²) in [5.74, 6) is 0.809. The molecule has 0 saturated heterocycles. The van der Waals surface area contributed by atoms with Gasteiger partial charge in [-0.2, -0.15) is 0 Å². The largest absolute Gasteiger partial charge is 0.347 e. The summed E-state index contributed by atoms with van der Waals surface area (Å²) in [6.45, 7) is 4.13. The topological polar surface area (TPSA) is 54.7 Å². The van der Waals surface area contributed by atoms with Crippen molar-refractivity contribution >= 4 is 0 Å². The van der Waals surface area contributed by atoms with Gasteiger partial charge in [0.25, 0.3) is 0 Å². The van der Waals surface area contributed by atoms with Crippen molar-refractivity contribution in [3.8, 4) is 0 Å². The molecule has 78 valence electrons. The Morgan fingerprint density at radius 2 is 2.13 bits per heavy atom. The molecule has 0 bridgehead atoms. The summed E-state index contributed by atoms with van der Waals surface area (Å²) in [4.78, 5) is 7.23. The van der Waals surface area contributed by atoms with Gasteiger partial charge in [0.2, 0.25) is 0 Å². The van der Waals surface area contributed by atoms with Gasteiger partial charge in [-0.15, -0.1) is 0 Å². The van der Waals surface area contributed by atoms with Gasteiger partial charge in [-0.3, -0.25) is 0 Å². The van der Waals surface area contributed by atoms with E-state index in [9.17, 15) is 0 Å². The summed E-state index contributed by atoms with van der Waals surface area (Å²) in [5.41, 5.74) is 9.68. The second-order valence-corrected chi connectivity index (χ2v) is 3.81. The highest BCUT2D eigenvalue weighted by molar-refractivity contribution is 5.35. The molecular weight excluding hydrogens is 186 g/mol. The predicted octanol–water partition coefficient (Wildman–Crippen LogP) is 2.07. The number of nitrogens with one attached hydrogen (secondary N) is 1. The first-order valence-electron chi connectivity index (χ1n) is 5.00. The Bertz CT molecular complexity index is 446. The number of aromatic nitrogens is 2. The number of hydrogen-bond donors (Lipinski definition) is 2. The van der Waals surface area contributed by atoms with Gasteiger partial charge in [-0.25, -0.2) is 4.98 Å². The fourth-order valence-corrected chi connectivity index (χ4v) is 1.69. The Labute approximate surface area is 89.4 Å². The van der Waals surface area contributed by atoms with E-state index < -0.39 is 0 Å². The van der Waals surface area contributed by atoms with Crippen molar-refractivity contribution in [3.63, 3.8) is 0 Å². The first-order chi connectivity index (χ1) is 7.18. The zero-order chi connectivity index (χ0) is 10.8. The van der Waals surface area contributed by atoms with Gasteiger partial charge in [-0.05, 0) is 25.0 Å². The van der Waals surface area contributed by atoms with Crippen LogP contribution >= 0.6 is 0 Å². The summed E-state index contributed by atoms with van der Waals surface area (Å²) < 4.78 is 0. The minimum Gasteiger partial charge on any atom is -0.347 e. The highest BCUT2D eigenvalue weighted by Crippen LogP contribution is 2.21. The van der Waals surface area contributed by atoms with Crippen molar-refractivity contribution in [2.24, 2.45) is 5.73 Å². The van der Waals surface area contributed by atoms with Gasteiger partial charge in [0.05, 0.1) is 6.04 Å². The molecule has 0 saturated carbocycles. The molecule has 2 rings (SSSR count). The van der Waals surface area contributed by atoms with E-state index in [1.807, 2.05) is 0 Å². The van der Waals surface area contributed by atoms with Gasteiger partial charge in [0.1, 0.15) is 5.82 Å². The number of rotatable bonds is 2. The summed E-state index contributed by atoms with van der Waals surface area (Å²) in [5, 5.41) is 0. The zero-order valence-electron chi connectivity index (χ0n) is 8.99. The van der Waals surface area contributed by atoms with E-state index in [0.717, 1.165) is 11.4 Å². The van der Waals surface area contributed by atoms with Gasteiger partial charge in [-0.1, -0.05) is 23.8 Å². The third-order valence-electron chi connectivity index (χ3n) is 2.58. The maximum Gasteiger partial charge on any atom is 0.127 e. The Balaban J connectivity index is 2.41. The van der Waals surface area contributed by atoms with Crippen molar-refractivity contribution in [1.82, 2.24) is 9.97 Å².